The van der Waals surface area contributed by atoms with Gasteiger partial charge in [0, 0.05) is 34.8 Å². The maximum Gasteiger partial charge on any atom is 0.268 e. The van der Waals surface area contributed by atoms with Crippen LogP contribution in [-0.4, -0.2) is 13.0 Å². The van der Waals surface area contributed by atoms with Crippen LogP contribution < -0.4 is 4.31 Å². The number of rotatable bonds is 6. The molecule has 5 aromatic carbocycles. The summed E-state index contributed by atoms with van der Waals surface area (Å²) in [6.07, 6.45) is 2.48. The van der Waals surface area contributed by atoms with E-state index in [0.717, 1.165) is 27.8 Å². The van der Waals surface area contributed by atoms with Gasteiger partial charge in [-0.2, -0.15) is 0 Å². The molecule has 4 nitrogen and oxygen atoms in total. The zero-order valence-electron chi connectivity index (χ0n) is 24.2. The first-order valence-electron chi connectivity index (χ1n) is 14.5. The SMILES string of the molecule is Cc1ccc(-c2c3n(c4ccccc24)[C@H](c2ccccc2)/C(=C/N(c2ccccc2)S(=O)(=O)c2ccc(C)cc2)C3)cc1. The minimum absolute atomic E-state index is 0.167. The van der Waals surface area contributed by atoms with Crippen LogP contribution in [0.1, 0.15) is 28.4 Å². The van der Waals surface area contributed by atoms with E-state index in [4.69, 9.17) is 0 Å². The molecular weight excluding hydrogens is 548 g/mol. The van der Waals surface area contributed by atoms with E-state index < -0.39 is 10.0 Å². The lowest BCUT2D eigenvalue weighted by molar-refractivity contribution is 0.595. The van der Waals surface area contributed by atoms with Crippen molar-refractivity contribution >= 4 is 26.6 Å². The molecule has 1 atom stereocenters. The van der Waals surface area contributed by atoms with Gasteiger partial charge in [-0.15, -0.1) is 0 Å². The minimum atomic E-state index is -3.90. The molecule has 212 valence electrons. The average molecular weight is 581 g/mol. The Hall–Kier alpha value is -4.87. The van der Waals surface area contributed by atoms with Crippen molar-refractivity contribution < 1.29 is 8.42 Å². The molecule has 6 aromatic rings. The fourth-order valence-electron chi connectivity index (χ4n) is 6.23. The lowest BCUT2D eigenvalue weighted by Crippen LogP contribution is -2.27. The molecule has 0 bridgehead atoms. The average Bonchev–Trinajstić information content (AvgIpc) is 3.55. The molecular formula is C38H32N2O2S. The number of fused-ring (bicyclic) bond motifs is 3. The van der Waals surface area contributed by atoms with Gasteiger partial charge in [0.05, 0.1) is 16.6 Å². The van der Waals surface area contributed by atoms with Gasteiger partial charge in [0.15, 0.2) is 0 Å². The molecule has 0 amide bonds. The van der Waals surface area contributed by atoms with E-state index in [0.29, 0.717) is 12.1 Å². The molecule has 0 spiro atoms. The Morgan fingerprint density at radius 2 is 1.28 bits per heavy atom. The van der Waals surface area contributed by atoms with Crippen molar-refractivity contribution in [3.05, 3.63) is 168 Å². The van der Waals surface area contributed by atoms with E-state index in [1.807, 2.05) is 61.7 Å². The van der Waals surface area contributed by atoms with E-state index in [1.165, 1.54) is 26.5 Å². The van der Waals surface area contributed by atoms with Gasteiger partial charge >= 0.3 is 0 Å². The van der Waals surface area contributed by atoms with Gasteiger partial charge in [-0.1, -0.05) is 114 Å². The van der Waals surface area contributed by atoms with Gasteiger partial charge in [0.2, 0.25) is 0 Å². The molecule has 5 heteroatoms. The molecule has 43 heavy (non-hydrogen) atoms. The van der Waals surface area contributed by atoms with E-state index >= 15 is 0 Å². The van der Waals surface area contributed by atoms with Crippen LogP contribution in [0.15, 0.2) is 150 Å². The van der Waals surface area contributed by atoms with Crippen LogP contribution in [0.3, 0.4) is 0 Å². The molecule has 1 aromatic heterocycles. The number of nitrogens with zero attached hydrogens (tertiary/aromatic N) is 2. The first-order valence-corrected chi connectivity index (χ1v) is 16.0. The zero-order chi connectivity index (χ0) is 29.6. The number of para-hydroxylation sites is 2. The first kappa shape index (κ1) is 27.0. The van der Waals surface area contributed by atoms with Crippen molar-refractivity contribution in [2.75, 3.05) is 4.31 Å². The number of allylic oxidation sites excluding steroid dienone is 1. The number of aromatic nitrogens is 1. The van der Waals surface area contributed by atoms with Crippen LogP contribution in [0, 0.1) is 13.8 Å². The smallest absolute Gasteiger partial charge is 0.268 e. The van der Waals surface area contributed by atoms with Crippen molar-refractivity contribution in [1.29, 1.82) is 0 Å². The lowest BCUT2D eigenvalue weighted by Gasteiger charge is -2.24. The summed E-state index contributed by atoms with van der Waals surface area (Å²) < 4.78 is 32.5. The molecule has 0 saturated carbocycles. The monoisotopic (exact) mass is 580 g/mol. The summed E-state index contributed by atoms with van der Waals surface area (Å²) in [4.78, 5) is 0.262. The van der Waals surface area contributed by atoms with E-state index in [-0.39, 0.29) is 10.9 Å². The Labute approximate surface area is 253 Å². The summed E-state index contributed by atoms with van der Waals surface area (Å²) in [5, 5.41) is 1.20. The molecule has 0 aliphatic carbocycles. The standard InChI is InChI=1S/C38H32N2O2S/c1-27-17-21-29(22-18-27)37-34-15-9-10-16-35(34)40-36(37)25-31(38(40)30-11-5-3-6-12-30)26-39(32-13-7-4-8-14-32)43(41,42)33-23-19-28(2)20-24-33/h3-24,26,38H,25H2,1-2H3/b31-26+/t38-/m1/s1. The summed E-state index contributed by atoms with van der Waals surface area (Å²) in [5.41, 5.74) is 9.64. The first-order chi connectivity index (χ1) is 20.9. The Balaban J connectivity index is 1.47. The molecule has 0 N–H and O–H groups in total. The molecule has 0 unspecified atom stereocenters. The maximum absolute atomic E-state index is 14.3. The fraction of sp³-hybridized carbons (Fsp3) is 0.105. The van der Waals surface area contributed by atoms with Gasteiger partial charge in [0.1, 0.15) is 0 Å². The highest BCUT2D eigenvalue weighted by molar-refractivity contribution is 7.93. The largest absolute Gasteiger partial charge is 0.332 e. The normalized spacial score (nSPS) is 15.6. The molecule has 0 fully saturated rings. The highest BCUT2D eigenvalue weighted by atomic mass is 32.2. The third kappa shape index (κ3) is 4.76. The Morgan fingerprint density at radius 1 is 0.698 bits per heavy atom. The number of anilines is 1. The van der Waals surface area contributed by atoms with Crippen LogP contribution in [0.4, 0.5) is 5.69 Å². The molecule has 2 heterocycles. The topological polar surface area (TPSA) is 42.3 Å². The van der Waals surface area contributed by atoms with E-state index in [1.54, 1.807) is 12.1 Å². The van der Waals surface area contributed by atoms with Crippen LogP contribution in [-0.2, 0) is 16.4 Å². The van der Waals surface area contributed by atoms with Crippen molar-refractivity contribution in [2.24, 2.45) is 0 Å². The van der Waals surface area contributed by atoms with Gasteiger partial charge in [-0.25, -0.2) is 12.7 Å². The second-order valence-corrected chi connectivity index (χ2v) is 13.0. The van der Waals surface area contributed by atoms with Crippen molar-refractivity contribution in [1.82, 2.24) is 4.57 Å². The summed E-state index contributed by atoms with van der Waals surface area (Å²) >= 11 is 0. The van der Waals surface area contributed by atoms with Gasteiger partial charge in [0.25, 0.3) is 10.0 Å². The summed E-state index contributed by atoms with van der Waals surface area (Å²) in [5.74, 6) is 0. The molecule has 1 aliphatic rings. The highest BCUT2D eigenvalue weighted by Gasteiger charge is 2.35. The highest BCUT2D eigenvalue weighted by Crippen LogP contribution is 2.47. The second kappa shape index (κ2) is 10.8. The summed E-state index contributed by atoms with van der Waals surface area (Å²) in [7, 11) is -3.90. The van der Waals surface area contributed by atoms with E-state index in [2.05, 4.69) is 84.3 Å². The minimum Gasteiger partial charge on any atom is -0.332 e. The third-order valence-corrected chi connectivity index (χ3v) is 10.0. The number of hydrogen-bond acceptors (Lipinski definition) is 2. The maximum atomic E-state index is 14.3. The zero-order valence-corrected chi connectivity index (χ0v) is 25.0. The second-order valence-electron chi connectivity index (χ2n) is 11.2. The van der Waals surface area contributed by atoms with Gasteiger partial charge in [-0.05, 0) is 60.9 Å². The van der Waals surface area contributed by atoms with Crippen LogP contribution in [0.5, 0.6) is 0 Å². The predicted octanol–water partition coefficient (Wildman–Crippen LogP) is 8.85. The Bertz CT molecular complexity index is 2060. The Kier molecular flexibility index (Phi) is 6.75. The number of benzene rings is 5. The number of sulfonamides is 1. The van der Waals surface area contributed by atoms with Crippen molar-refractivity contribution in [3.63, 3.8) is 0 Å². The molecule has 7 rings (SSSR count). The quantitative estimate of drug-likeness (QED) is 0.198. The number of hydrogen-bond donors (Lipinski definition) is 0. The van der Waals surface area contributed by atoms with Gasteiger partial charge < -0.3 is 4.57 Å². The summed E-state index contributed by atoms with van der Waals surface area (Å²) in [6.45, 7) is 4.06. The van der Waals surface area contributed by atoms with Crippen LogP contribution in [0.25, 0.3) is 22.0 Å². The molecule has 0 saturated heterocycles. The lowest BCUT2D eigenvalue weighted by atomic mass is 9.95. The van der Waals surface area contributed by atoms with Crippen LogP contribution in [0.2, 0.25) is 0 Å². The fourth-order valence-corrected chi connectivity index (χ4v) is 7.61. The molecule has 0 radical (unpaired) electrons. The third-order valence-electron chi connectivity index (χ3n) is 8.32. The van der Waals surface area contributed by atoms with E-state index in [9.17, 15) is 8.42 Å². The Morgan fingerprint density at radius 3 is 1.95 bits per heavy atom. The summed E-state index contributed by atoms with van der Waals surface area (Å²) in [6, 6.07) is 43.9. The predicted molar refractivity (Wildman–Crippen MR) is 176 cm³/mol. The van der Waals surface area contributed by atoms with Gasteiger partial charge in [-0.3, -0.25) is 0 Å². The van der Waals surface area contributed by atoms with Crippen molar-refractivity contribution in [2.45, 2.75) is 31.2 Å². The molecule has 1 aliphatic heterocycles. The number of aryl methyl sites for hydroxylation is 2. The van der Waals surface area contributed by atoms with Crippen molar-refractivity contribution in [3.8, 4) is 11.1 Å². The van der Waals surface area contributed by atoms with Crippen LogP contribution >= 0.6 is 0 Å².